The molecule has 0 spiro atoms. The standard InChI is InChI=1S/C24H28F3N3O3/c1-30-11-10-24(16-5-7-19(32-2)22(33-3)21(16)27)9-8-15(13-20(24)30)29-23(31)28-14-4-6-17(25)18(26)12-14/h4-7,12,15,20H,8-11,13H2,1-3H3,(H2,28,29,31)/t15-,20+,24+/m1/s1. The number of fused-ring (bicyclic) bond motifs is 1. The number of rotatable bonds is 5. The second kappa shape index (κ2) is 9.13. The maximum Gasteiger partial charge on any atom is 0.319 e. The Morgan fingerprint density at radius 3 is 2.58 bits per heavy atom. The molecule has 0 unspecified atom stereocenters. The zero-order chi connectivity index (χ0) is 23.8. The van der Waals surface area contributed by atoms with E-state index in [0.29, 0.717) is 30.6 Å². The number of amides is 2. The van der Waals surface area contributed by atoms with Gasteiger partial charge in [0.2, 0.25) is 0 Å². The first-order valence-electron chi connectivity index (χ1n) is 10.9. The predicted octanol–water partition coefficient (Wildman–Crippen LogP) is 4.44. The second-order valence-electron chi connectivity index (χ2n) is 8.76. The first-order valence-corrected chi connectivity index (χ1v) is 10.9. The van der Waals surface area contributed by atoms with E-state index in [1.165, 1.54) is 20.3 Å². The van der Waals surface area contributed by atoms with Crippen LogP contribution in [0, 0.1) is 17.5 Å². The van der Waals surface area contributed by atoms with Crippen LogP contribution in [0.1, 0.15) is 31.2 Å². The lowest BCUT2D eigenvalue weighted by Gasteiger charge is -2.45. The van der Waals surface area contributed by atoms with Crippen LogP contribution in [0.4, 0.5) is 23.7 Å². The fourth-order valence-corrected chi connectivity index (χ4v) is 5.42. The predicted molar refractivity (Wildman–Crippen MR) is 118 cm³/mol. The Labute approximate surface area is 191 Å². The molecule has 1 heterocycles. The van der Waals surface area contributed by atoms with Gasteiger partial charge in [-0.3, -0.25) is 0 Å². The Kier molecular flexibility index (Phi) is 6.43. The molecule has 2 N–H and O–H groups in total. The summed E-state index contributed by atoms with van der Waals surface area (Å²) in [7, 11) is 4.91. The molecule has 2 aliphatic rings. The van der Waals surface area contributed by atoms with Gasteiger partial charge in [0.15, 0.2) is 29.0 Å². The van der Waals surface area contributed by atoms with Crippen LogP contribution in [0.15, 0.2) is 30.3 Å². The van der Waals surface area contributed by atoms with E-state index in [4.69, 9.17) is 9.47 Å². The fourth-order valence-electron chi connectivity index (χ4n) is 5.42. The lowest BCUT2D eigenvalue weighted by Crippen LogP contribution is -2.52. The van der Waals surface area contributed by atoms with Gasteiger partial charge < -0.3 is 25.0 Å². The number of hydrogen-bond acceptors (Lipinski definition) is 4. The summed E-state index contributed by atoms with van der Waals surface area (Å²) in [6, 6.07) is 6.11. The van der Waals surface area contributed by atoms with Crippen molar-refractivity contribution in [3.63, 3.8) is 0 Å². The third-order valence-electron chi connectivity index (χ3n) is 7.06. The lowest BCUT2D eigenvalue weighted by molar-refractivity contribution is 0.152. The van der Waals surface area contributed by atoms with Gasteiger partial charge in [-0.15, -0.1) is 0 Å². The molecule has 2 aromatic rings. The average Bonchev–Trinajstić information content (AvgIpc) is 3.12. The number of halogens is 3. The van der Waals surface area contributed by atoms with Crippen LogP contribution in [0.3, 0.4) is 0 Å². The Morgan fingerprint density at radius 2 is 1.88 bits per heavy atom. The van der Waals surface area contributed by atoms with Gasteiger partial charge >= 0.3 is 6.03 Å². The molecule has 1 aliphatic heterocycles. The van der Waals surface area contributed by atoms with Crippen LogP contribution in [0.25, 0.3) is 0 Å². The number of likely N-dealkylation sites (tertiary alicyclic amines) is 1. The lowest BCUT2D eigenvalue weighted by atomic mass is 9.65. The average molecular weight is 464 g/mol. The first kappa shape index (κ1) is 23.2. The van der Waals surface area contributed by atoms with E-state index in [1.54, 1.807) is 12.1 Å². The number of nitrogens with one attached hydrogen (secondary N) is 2. The third-order valence-corrected chi connectivity index (χ3v) is 7.06. The molecule has 33 heavy (non-hydrogen) atoms. The van der Waals surface area contributed by atoms with Crippen molar-refractivity contribution in [2.45, 2.75) is 43.2 Å². The van der Waals surface area contributed by atoms with Gasteiger partial charge in [-0.25, -0.2) is 18.0 Å². The van der Waals surface area contributed by atoms with Crippen molar-refractivity contribution in [1.82, 2.24) is 10.2 Å². The third kappa shape index (κ3) is 4.21. The van der Waals surface area contributed by atoms with E-state index in [-0.39, 0.29) is 23.5 Å². The van der Waals surface area contributed by atoms with Gasteiger partial charge in [-0.2, -0.15) is 0 Å². The Morgan fingerprint density at radius 1 is 1.09 bits per heavy atom. The van der Waals surface area contributed by atoms with Gasteiger partial charge in [0.05, 0.1) is 14.2 Å². The zero-order valence-corrected chi connectivity index (χ0v) is 18.9. The number of nitrogens with zero attached hydrogens (tertiary/aromatic N) is 1. The van der Waals surface area contributed by atoms with Crippen LogP contribution in [-0.4, -0.2) is 50.8 Å². The number of urea groups is 1. The summed E-state index contributed by atoms with van der Waals surface area (Å²) in [5, 5.41) is 5.47. The molecule has 2 amide bonds. The van der Waals surface area contributed by atoms with E-state index in [2.05, 4.69) is 15.5 Å². The summed E-state index contributed by atoms with van der Waals surface area (Å²) >= 11 is 0. The van der Waals surface area contributed by atoms with Gasteiger partial charge in [0.1, 0.15) is 0 Å². The van der Waals surface area contributed by atoms with Gasteiger partial charge in [0.25, 0.3) is 0 Å². The zero-order valence-electron chi connectivity index (χ0n) is 18.9. The number of benzene rings is 2. The highest BCUT2D eigenvalue weighted by Crippen LogP contribution is 2.51. The van der Waals surface area contributed by atoms with Crippen LogP contribution < -0.4 is 20.1 Å². The summed E-state index contributed by atoms with van der Waals surface area (Å²) < 4.78 is 52.6. The molecule has 1 saturated carbocycles. The Balaban J connectivity index is 1.51. The van der Waals surface area contributed by atoms with Crippen molar-refractivity contribution in [2.75, 3.05) is 33.1 Å². The smallest absolute Gasteiger partial charge is 0.319 e. The van der Waals surface area contributed by atoms with Gasteiger partial charge in [0, 0.05) is 29.3 Å². The van der Waals surface area contributed by atoms with Crippen molar-refractivity contribution in [1.29, 1.82) is 0 Å². The molecule has 178 valence electrons. The Hall–Kier alpha value is -2.94. The minimum Gasteiger partial charge on any atom is -0.493 e. The summed E-state index contributed by atoms with van der Waals surface area (Å²) in [6.45, 7) is 0.812. The Bertz CT molecular complexity index is 1050. The number of carbonyl (C=O) groups is 1. The number of hydrogen-bond donors (Lipinski definition) is 2. The van der Waals surface area contributed by atoms with Crippen LogP contribution >= 0.6 is 0 Å². The molecule has 9 heteroatoms. The highest BCUT2D eigenvalue weighted by atomic mass is 19.2. The monoisotopic (exact) mass is 463 g/mol. The van der Waals surface area contributed by atoms with E-state index in [0.717, 1.165) is 25.1 Å². The van der Waals surface area contributed by atoms with Crippen LogP contribution in [0.5, 0.6) is 11.5 Å². The molecule has 2 fully saturated rings. The molecule has 0 radical (unpaired) electrons. The molecular formula is C24H28F3N3O3. The summed E-state index contributed by atoms with van der Waals surface area (Å²) in [5.41, 5.74) is 0.383. The summed E-state index contributed by atoms with van der Waals surface area (Å²) in [4.78, 5) is 14.7. The molecule has 6 nitrogen and oxygen atoms in total. The molecule has 1 aliphatic carbocycles. The molecule has 0 bridgehead atoms. The van der Waals surface area contributed by atoms with Crippen molar-refractivity contribution in [3.05, 3.63) is 53.3 Å². The summed E-state index contributed by atoms with van der Waals surface area (Å²) in [5.74, 6) is -1.96. The number of methoxy groups -OCH3 is 2. The van der Waals surface area contributed by atoms with E-state index in [1.807, 2.05) is 7.05 Å². The van der Waals surface area contributed by atoms with Crippen molar-refractivity contribution < 1.29 is 27.4 Å². The van der Waals surface area contributed by atoms with Crippen LogP contribution in [0.2, 0.25) is 0 Å². The number of carbonyl (C=O) groups excluding carboxylic acids is 1. The fraction of sp³-hybridized carbons (Fsp3) is 0.458. The van der Waals surface area contributed by atoms with Gasteiger partial charge in [-0.05, 0) is 63.0 Å². The first-order chi connectivity index (χ1) is 15.8. The number of likely N-dealkylation sites (N-methyl/N-ethyl adjacent to an activating group) is 1. The molecule has 2 aromatic carbocycles. The minimum absolute atomic E-state index is 0.0208. The molecular weight excluding hydrogens is 435 g/mol. The number of anilines is 1. The second-order valence-corrected chi connectivity index (χ2v) is 8.76. The summed E-state index contributed by atoms with van der Waals surface area (Å²) in [6.07, 6.45) is 2.78. The van der Waals surface area contributed by atoms with Crippen molar-refractivity contribution in [3.8, 4) is 11.5 Å². The van der Waals surface area contributed by atoms with E-state index < -0.39 is 28.9 Å². The van der Waals surface area contributed by atoms with Crippen LogP contribution in [-0.2, 0) is 5.41 Å². The maximum atomic E-state index is 15.5. The largest absolute Gasteiger partial charge is 0.493 e. The van der Waals surface area contributed by atoms with E-state index >= 15 is 4.39 Å². The van der Waals surface area contributed by atoms with Crippen molar-refractivity contribution >= 4 is 11.7 Å². The highest BCUT2D eigenvalue weighted by Gasteiger charge is 2.52. The molecule has 0 aromatic heterocycles. The number of ether oxygens (including phenoxy) is 2. The van der Waals surface area contributed by atoms with Crippen molar-refractivity contribution in [2.24, 2.45) is 0 Å². The highest BCUT2D eigenvalue weighted by molar-refractivity contribution is 5.89. The molecule has 3 atom stereocenters. The quantitative estimate of drug-likeness (QED) is 0.689. The molecule has 1 saturated heterocycles. The normalized spacial score (nSPS) is 24.8. The minimum atomic E-state index is -1.03. The SMILES string of the molecule is COc1ccc([C@@]23CC[C@@H](NC(=O)Nc4ccc(F)c(F)c4)C[C@@H]2N(C)CC3)c(F)c1OC. The maximum absolute atomic E-state index is 15.5. The van der Waals surface area contributed by atoms with E-state index in [9.17, 15) is 13.6 Å². The topological polar surface area (TPSA) is 62.8 Å². The van der Waals surface area contributed by atoms with Gasteiger partial charge in [-0.1, -0.05) is 6.07 Å². The molecule has 4 rings (SSSR count).